The highest BCUT2D eigenvalue weighted by atomic mass is 79.9. The van der Waals surface area contributed by atoms with Crippen LogP contribution in [0.4, 0.5) is 16.0 Å². The second-order valence-electron chi connectivity index (χ2n) is 5.06. The van der Waals surface area contributed by atoms with Gasteiger partial charge < -0.3 is 10.1 Å². The van der Waals surface area contributed by atoms with E-state index in [9.17, 15) is 4.39 Å². The molecule has 0 saturated carbocycles. The first-order valence-electron chi connectivity index (χ1n) is 7.31. The van der Waals surface area contributed by atoms with E-state index in [1.807, 2.05) is 0 Å². The van der Waals surface area contributed by atoms with Gasteiger partial charge in [0.05, 0.1) is 11.6 Å². The van der Waals surface area contributed by atoms with Gasteiger partial charge in [0.2, 0.25) is 11.8 Å². The number of hydrogen-bond donors (Lipinski definition) is 1. The minimum absolute atomic E-state index is 0.172. The van der Waals surface area contributed by atoms with Gasteiger partial charge in [0.15, 0.2) is 0 Å². The Bertz CT molecular complexity index is 925. The van der Waals surface area contributed by atoms with Gasteiger partial charge in [-0.1, -0.05) is 15.9 Å². The second-order valence-corrected chi connectivity index (χ2v) is 5.91. The molecule has 1 heterocycles. The van der Waals surface area contributed by atoms with Crippen LogP contribution in [0.15, 0.2) is 59.2 Å². The van der Waals surface area contributed by atoms with Crippen LogP contribution >= 0.6 is 15.9 Å². The van der Waals surface area contributed by atoms with E-state index in [4.69, 9.17) is 10.00 Å². The highest BCUT2D eigenvalue weighted by Crippen LogP contribution is 2.21. The maximum Gasteiger partial charge on any atom is 0.230 e. The van der Waals surface area contributed by atoms with Crippen LogP contribution in [-0.4, -0.2) is 9.97 Å². The Morgan fingerprint density at radius 3 is 2.72 bits per heavy atom. The van der Waals surface area contributed by atoms with Crippen LogP contribution in [0.25, 0.3) is 0 Å². The Morgan fingerprint density at radius 1 is 1.16 bits per heavy atom. The molecule has 0 amide bonds. The van der Waals surface area contributed by atoms with Gasteiger partial charge >= 0.3 is 0 Å². The van der Waals surface area contributed by atoms with Crippen molar-refractivity contribution < 1.29 is 9.13 Å². The highest BCUT2D eigenvalue weighted by molar-refractivity contribution is 9.10. The molecule has 0 aliphatic rings. The molecule has 2 aromatic carbocycles. The minimum Gasteiger partial charge on any atom is -0.473 e. The van der Waals surface area contributed by atoms with Crippen molar-refractivity contribution in [1.29, 1.82) is 5.26 Å². The summed E-state index contributed by atoms with van der Waals surface area (Å²) in [5.74, 6) is 0.399. The third-order valence-corrected chi connectivity index (χ3v) is 4.06. The van der Waals surface area contributed by atoms with Crippen molar-refractivity contribution in [3.05, 3.63) is 76.1 Å². The van der Waals surface area contributed by atoms with E-state index in [-0.39, 0.29) is 12.4 Å². The lowest BCUT2D eigenvalue weighted by Gasteiger charge is -2.09. The molecule has 25 heavy (non-hydrogen) atoms. The van der Waals surface area contributed by atoms with E-state index in [1.54, 1.807) is 42.6 Å². The van der Waals surface area contributed by atoms with Crippen LogP contribution in [0.1, 0.15) is 11.1 Å². The number of halogens is 2. The molecule has 1 aromatic heterocycles. The second kappa shape index (κ2) is 7.73. The molecule has 7 heteroatoms. The van der Waals surface area contributed by atoms with E-state index in [0.717, 1.165) is 10.2 Å². The predicted octanol–water partition coefficient (Wildman–Crippen LogP) is 4.57. The lowest BCUT2D eigenvalue weighted by atomic mass is 10.2. The molecular weight excluding hydrogens is 387 g/mol. The van der Waals surface area contributed by atoms with Crippen molar-refractivity contribution in [2.24, 2.45) is 0 Å². The van der Waals surface area contributed by atoms with Gasteiger partial charge in [-0.25, -0.2) is 9.37 Å². The summed E-state index contributed by atoms with van der Waals surface area (Å²) in [6, 6.07) is 15.0. The molecule has 0 fully saturated rings. The van der Waals surface area contributed by atoms with Gasteiger partial charge in [-0.05, 0) is 42.5 Å². The first kappa shape index (κ1) is 16.9. The fourth-order valence-corrected chi connectivity index (χ4v) is 2.41. The summed E-state index contributed by atoms with van der Waals surface area (Å²) >= 11 is 3.36. The number of rotatable bonds is 5. The van der Waals surface area contributed by atoms with Gasteiger partial charge in [-0.3, -0.25) is 0 Å². The topological polar surface area (TPSA) is 70.8 Å². The first-order chi connectivity index (χ1) is 12.1. The number of anilines is 2. The molecule has 0 unspecified atom stereocenters. The van der Waals surface area contributed by atoms with E-state index in [1.165, 1.54) is 12.1 Å². The SMILES string of the molecule is N#Cc1ccc(Nc2nccc(OCc3cc(F)ccc3Br)n2)cc1. The van der Waals surface area contributed by atoms with Crippen LogP contribution in [0.3, 0.4) is 0 Å². The largest absolute Gasteiger partial charge is 0.473 e. The molecule has 5 nitrogen and oxygen atoms in total. The van der Waals surface area contributed by atoms with E-state index in [2.05, 4.69) is 37.3 Å². The van der Waals surface area contributed by atoms with Crippen molar-refractivity contribution in [1.82, 2.24) is 9.97 Å². The quantitative estimate of drug-likeness (QED) is 0.681. The molecule has 0 saturated heterocycles. The normalized spacial score (nSPS) is 10.1. The summed E-state index contributed by atoms with van der Waals surface area (Å²) in [7, 11) is 0. The molecule has 0 spiro atoms. The van der Waals surface area contributed by atoms with Crippen molar-refractivity contribution in [2.75, 3.05) is 5.32 Å². The highest BCUT2D eigenvalue weighted by Gasteiger charge is 2.05. The molecule has 3 rings (SSSR count). The molecule has 1 N–H and O–H groups in total. The summed E-state index contributed by atoms with van der Waals surface area (Å²) in [5, 5.41) is 11.8. The third-order valence-electron chi connectivity index (χ3n) is 3.28. The molecule has 0 aliphatic carbocycles. The fraction of sp³-hybridized carbons (Fsp3) is 0.0556. The van der Waals surface area contributed by atoms with Crippen molar-refractivity contribution in [2.45, 2.75) is 6.61 Å². The Kier molecular flexibility index (Phi) is 5.21. The van der Waals surface area contributed by atoms with Gasteiger partial charge in [-0.2, -0.15) is 10.2 Å². The van der Waals surface area contributed by atoms with Crippen LogP contribution in [0, 0.1) is 17.1 Å². The standard InChI is InChI=1S/C18H12BrFN4O/c19-16-6-3-14(20)9-13(16)11-25-17-7-8-22-18(24-17)23-15-4-1-12(10-21)2-5-15/h1-9H,11H2,(H,22,23,24). The zero-order valence-electron chi connectivity index (χ0n) is 12.9. The van der Waals surface area contributed by atoms with Crippen molar-refractivity contribution in [3.63, 3.8) is 0 Å². The lowest BCUT2D eigenvalue weighted by Crippen LogP contribution is -2.02. The molecule has 0 aliphatic heterocycles. The van der Waals surface area contributed by atoms with E-state index in [0.29, 0.717) is 23.0 Å². The summed E-state index contributed by atoms with van der Waals surface area (Å²) in [6.07, 6.45) is 1.56. The Morgan fingerprint density at radius 2 is 1.96 bits per heavy atom. The zero-order valence-corrected chi connectivity index (χ0v) is 14.5. The monoisotopic (exact) mass is 398 g/mol. The summed E-state index contributed by atoms with van der Waals surface area (Å²) in [5.41, 5.74) is 2.01. The first-order valence-corrected chi connectivity index (χ1v) is 8.10. The molecule has 0 bridgehead atoms. The number of nitriles is 1. The van der Waals surface area contributed by atoms with Crippen LogP contribution < -0.4 is 10.1 Å². The Hall–Kier alpha value is -2.98. The number of hydrogen-bond acceptors (Lipinski definition) is 5. The smallest absolute Gasteiger partial charge is 0.230 e. The maximum atomic E-state index is 13.3. The third kappa shape index (κ3) is 4.52. The number of aromatic nitrogens is 2. The number of nitrogens with one attached hydrogen (secondary N) is 1. The summed E-state index contributed by atoms with van der Waals surface area (Å²) < 4.78 is 19.7. The van der Waals surface area contributed by atoms with Crippen LogP contribution in [-0.2, 0) is 6.61 Å². The van der Waals surface area contributed by atoms with Gasteiger partial charge in [-0.15, -0.1) is 0 Å². The number of nitrogens with zero attached hydrogens (tertiary/aromatic N) is 3. The molecular formula is C18H12BrFN4O. The molecule has 3 aromatic rings. The molecule has 0 radical (unpaired) electrons. The average molecular weight is 399 g/mol. The number of benzene rings is 2. The number of ether oxygens (including phenoxy) is 1. The Labute approximate surface area is 152 Å². The molecule has 124 valence electrons. The fourth-order valence-electron chi connectivity index (χ4n) is 2.05. The van der Waals surface area contributed by atoms with Gasteiger partial charge in [0.1, 0.15) is 12.4 Å². The zero-order chi connectivity index (χ0) is 17.6. The van der Waals surface area contributed by atoms with Crippen LogP contribution in [0.5, 0.6) is 5.88 Å². The summed E-state index contributed by atoms with van der Waals surface area (Å²) in [4.78, 5) is 8.39. The maximum absolute atomic E-state index is 13.3. The van der Waals surface area contributed by atoms with E-state index < -0.39 is 0 Å². The minimum atomic E-state index is -0.326. The predicted molar refractivity (Wildman–Crippen MR) is 94.9 cm³/mol. The lowest BCUT2D eigenvalue weighted by molar-refractivity contribution is 0.292. The van der Waals surface area contributed by atoms with Crippen molar-refractivity contribution in [3.8, 4) is 11.9 Å². The van der Waals surface area contributed by atoms with Gasteiger partial charge in [0, 0.05) is 28.0 Å². The van der Waals surface area contributed by atoms with E-state index >= 15 is 0 Å². The molecule has 0 atom stereocenters. The van der Waals surface area contributed by atoms with Gasteiger partial charge in [0.25, 0.3) is 0 Å². The summed E-state index contributed by atoms with van der Waals surface area (Å²) in [6.45, 7) is 0.172. The van der Waals surface area contributed by atoms with Crippen molar-refractivity contribution >= 4 is 27.6 Å². The van der Waals surface area contributed by atoms with Crippen LogP contribution in [0.2, 0.25) is 0 Å². The Balaban J connectivity index is 1.68. The average Bonchev–Trinajstić information content (AvgIpc) is 2.63.